The third-order valence-electron chi connectivity index (χ3n) is 1.85. The van der Waals surface area contributed by atoms with Crippen molar-refractivity contribution in [3.63, 3.8) is 0 Å². The molecule has 0 saturated heterocycles. The van der Waals surface area contributed by atoms with E-state index in [1.807, 2.05) is 0 Å². The Morgan fingerprint density at radius 3 is 1.93 bits per heavy atom. The molecule has 82 valence electrons. The van der Waals surface area contributed by atoms with Gasteiger partial charge in [-0.15, -0.1) is 0 Å². The summed E-state index contributed by atoms with van der Waals surface area (Å²) in [7, 11) is 1.19. The number of halogens is 3. The van der Waals surface area contributed by atoms with Crippen LogP contribution in [0.1, 0.15) is 13.8 Å². The van der Waals surface area contributed by atoms with Gasteiger partial charge in [-0.1, -0.05) is 0 Å². The van der Waals surface area contributed by atoms with Crippen LogP contribution >= 0.6 is 0 Å². The summed E-state index contributed by atoms with van der Waals surface area (Å²) in [6.07, 6.45) is -5.97. The molecule has 0 radical (unpaired) electrons. The maximum atomic E-state index is 11.9. The number of hydrogen-bond donors (Lipinski definition) is 0. The first kappa shape index (κ1) is 13.1. The fourth-order valence-corrected chi connectivity index (χ4v) is 0.843. The molecule has 0 fully saturated rings. The van der Waals surface area contributed by atoms with Crippen LogP contribution < -0.4 is 0 Å². The monoisotopic (exact) mass is 212 g/mol. The first-order chi connectivity index (χ1) is 6.21. The summed E-state index contributed by atoms with van der Waals surface area (Å²) in [6.45, 7) is 2.22. The lowest BCUT2D eigenvalue weighted by atomic mass is 9.97. The number of ether oxygens (including phenoxy) is 1. The van der Waals surface area contributed by atoms with Crippen LogP contribution in [0.25, 0.3) is 0 Å². The Kier molecular flexibility index (Phi) is 4.25. The Bertz CT molecular complexity index is 234. The number of rotatable bonds is 4. The van der Waals surface area contributed by atoms with E-state index in [1.54, 1.807) is 0 Å². The smallest absolute Gasteiger partial charge is 0.374 e. The Morgan fingerprint density at radius 2 is 1.64 bits per heavy atom. The van der Waals surface area contributed by atoms with Crippen molar-refractivity contribution in [2.75, 3.05) is 7.11 Å². The van der Waals surface area contributed by atoms with Gasteiger partial charge >= 0.3 is 6.18 Å². The summed E-state index contributed by atoms with van der Waals surface area (Å²) in [5.41, 5.74) is 0. The summed E-state index contributed by atoms with van der Waals surface area (Å²) in [4.78, 5) is 21.7. The van der Waals surface area contributed by atoms with Crippen LogP contribution in [0.5, 0.6) is 0 Å². The van der Waals surface area contributed by atoms with Gasteiger partial charge in [-0.05, 0) is 13.8 Å². The van der Waals surface area contributed by atoms with Crippen molar-refractivity contribution in [2.45, 2.75) is 26.1 Å². The van der Waals surface area contributed by atoms with Gasteiger partial charge in [0.25, 0.3) is 0 Å². The predicted molar refractivity (Wildman–Crippen MR) is 41.7 cm³/mol. The van der Waals surface area contributed by atoms with Crippen LogP contribution in [0.15, 0.2) is 0 Å². The number of hydrogen-bond acceptors (Lipinski definition) is 3. The van der Waals surface area contributed by atoms with Gasteiger partial charge in [0.2, 0.25) is 5.78 Å². The minimum absolute atomic E-state index is 0.866. The van der Waals surface area contributed by atoms with Crippen molar-refractivity contribution in [1.82, 2.24) is 0 Å². The molecule has 0 aliphatic heterocycles. The summed E-state index contributed by atoms with van der Waals surface area (Å²) in [5, 5.41) is 0. The Morgan fingerprint density at radius 1 is 1.21 bits per heavy atom. The molecule has 0 spiro atoms. The van der Waals surface area contributed by atoms with Gasteiger partial charge in [0, 0.05) is 7.11 Å². The van der Waals surface area contributed by atoms with Crippen molar-refractivity contribution >= 4 is 11.6 Å². The van der Waals surface area contributed by atoms with Gasteiger partial charge in [-0.2, -0.15) is 13.2 Å². The highest BCUT2D eigenvalue weighted by Gasteiger charge is 2.44. The fourth-order valence-electron chi connectivity index (χ4n) is 0.843. The summed E-state index contributed by atoms with van der Waals surface area (Å²) < 4.78 is 40.2. The second-order valence-corrected chi connectivity index (χ2v) is 2.86. The molecule has 0 aromatic rings. The van der Waals surface area contributed by atoms with Crippen LogP contribution in [0.3, 0.4) is 0 Å². The third-order valence-corrected chi connectivity index (χ3v) is 1.85. The van der Waals surface area contributed by atoms with E-state index in [1.165, 1.54) is 14.0 Å². The molecule has 0 aromatic carbocycles. The first-order valence-electron chi connectivity index (χ1n) is 3.89. The molecule has 0 heterocycles. The van der Waals surface area contributed by atoms with Crippen LogP contribution in [-0.2, 0) is 14.3 Å². The van der Waals surface area contributed by atoms with E-state index >= 15 is 0 Å². The maximum absolute atomic E-state index is 11.9. The predicted octanol–water partition coefficient (Wildman–Crippen LogP) is 1.36. The molecule has 0 aliphatic carbocycles. The Hall–Kier alpha value is -0.910. The number of carbonyl (C=O) groups excluding carboxylic acids is 2. The lowest BCUT2D eigenvalue weighted by Crippen LogP contribution is -2.38. The highest BCUT2D eigenvalue weighted by molar-refractivity contribution is 6.05. The van der Waals surface area contributed by atoms with E-state index < -0.39 is 29.8 Å². The van der Waals surface area contributed by atoms with E-state index in [9.17, 15) is 22.8 Å². The van der Waals surface area contributed by atoms with Crippen LogP contribution in [0.4, 0.5) is 13.2 Å². The Labute approximate surface area is 79.2 Å². The fraction of sp³-hybridized carbons (Fsp3) is 0.750. The van der Waals surface area contributed by atoms with Gasteiger partial charge in [0.15, 0.2) is 5.78 Å². The topological polar surface area (TPSA) is 43.4 Å². The normalized spacial score (nSPS) is 16.1. The summed E-state index contributed by atoms with van der Waals surface area (Å²) >= 11 is 0. The van der Waals surface area contributed by atoms with Gasteiger partial charge in [0.1, 0.15) is 6.10 Å². The lowest BCUT2D eigenvalue weighted by Gasteiger charge is -2.15. The van der Waals surface area contributed by atoms with E-state index in [4.69, 9.17) is 0 Å². The molecule has 0 aliphatic rings. The number of carbonyl (C=O) groups is 2. The van der Waals surface area contributed by atoms with Crippen molar-refractivity contribution in [3.05, 3.63) is 0 Å². The molecule has 14 heavy (non-hydrogen) atoms. The largest absolute Gasteiger partial charge is 0.450 e. The molecule has 0 aromatic heterocycles. The zero-order valence-corrected chi connectivity index (χ0v) is 8.01. The molecule has 0 rings (SSSR count). The van der Waals surface area contributed by atoms with Gasteiger partial charge < -0.3 is 4.74 Å². The zero-order chi connectivity index (χ0) is 11.5. The minimum Gasteiger partial charge on any atom is -0.374 e. The average molecular weight is 212 g/mol. The highest BCUT2D eigenvalue weighted by atomic mass is 19.4. The molecule has 0 saturated carbocycles. The molecule has 2 unspecified atom stereocenters. The average Bonchev–Trinajstić information content (AvgIpc) is 2.11. The van der Waals surface area contributed by atoms with E-state index in [0.717, 1.165) is 6.92 Å². The van der Waals surface area contributed by atoms with Crippen LogP contribution in [-0.4, -0.2) is 31.0 Å². The van der Waals surface area contributed by atoms with Crippen molar-refractivity contribution in [2.24, 2.45) is 5.92 Å². The molecule has 0 amide bonds. The number of methoxy groups -OCH3 is 1. The van der Waals surface area contributed by atoms with E-state index in [2.05, 4.69) is 4.74 Å². The lowest BCUT2D eigenvalue weighted by molar-refractivity contribution is -0.177. The molecular formula is C8H11F3O3. The van der Waals surface area contributed by atoms with Crippen LogP contribution in [0.2, 0.25) is 0 Å². The molecular weight excluding hydrogens is 201 g/mol. The van der Waals surface area contributed by atoms with Crippen molar-refractivity contribution < 1.29 is 27.5 Å². The SMILES string of the molecule is COC(C)C(=O)C(C)C(=O)C(F)(F)F. The quantitative estimate of drug-likeness (QED) is 0.661. The third kappa shape index (κ3) is 3.10. The maximum Gasteiger partial charge on any atom is 0.450 e. The number of Topliss-reactive ketones (excluding diaryl/α,β-unsaturated/α-hetero) is 2. The van der Waals surface area contributed by atoms with Crippen molar-refractivity contribution in [1.29, 1.82) is 0 Å². The number of ketones is 2. The minimum atomic E-state index is -4.97. The van der Waals surface area contributed by atoms with Crippen molar-refractivity contribution in [3.8, 4) is 0 Å². The first-order valence-corrected chi connectivity index (χ1v) is 3.89. The van der Waals surface area contributed by atoms with Gasteiger partial charge in [-0.25, -0.2) is 0 Å². The number of alkyl halides is 3. The Balaban J connectivity index is 4.56. The van der Waals surface area contributed by atoms with Gasteiger partial charge in [-0.3, -0.25) is 9.59 Å². The van der Waals surface area contributed by atoms with Gasteiger partial charge in [0.05, 0.1) is 5.92 Å². The van der Waals surface area contributed by atoms with E-state index in [0.29, 0.717) is 0 Å². The standard InChI is InChI=1S/C8H11F3O3/c1-4(6(12)5(2)14-3)7(13)8(9,10)11/h4-5H,1-3H3. The molecule has 2 atom stereocenters. The van der Waals surface area contributed by atoms with E-state index in [-0.39, 0.29) is 0 Å². The summed E-state index contributed by atoms with van der Waals surface area (Å²) in [6, 6.07) is 0. The molecule has 6 heteroatoms. The molecule has 0 bridgehead atoms. The van der Waals surface area contributed by atoms with Crippen LogP contribution in [0, 0.1) is 5.92 Å². The second kappa shape index (κ2) is 4.54. The molecule has 0 N–H and O–H groups in total. The highest BCUT2D eigenvalue weighted by Crippen LogP contribution is 2.22. The summed E-state index contributed by atoms with van der Waals surface area (Å²) in [5.74, 6) is -4.61. The zero-order valence-electron chi connectivity index (χ0n) is 8.01. The second-order valence-electron chi connectivity index (χ2n) is 2.86. The molecule has 3 nitrogen and oxygen atoms in total.